The van der Waals surface area contributed by atoms with E-state index < -0.39 is 5.60 Å². The average Bonchev–Trinajstić information content (AvgIpc) is 2.96. The van der Waals surface area contributed by atoms with Gasteiger partial charge in [0.1, 0.15) is 0 Å². The van der Waals surface area contributed by atoms with Gasteiger partial charge in [0.05, 0.1) is 6.61 Å². The summed E-state index contributed by atoms with van der Waals surface area (Å²) in [6, 6.07) is 9.75. The van der Waals surface area contributed by atoms with Crippen molar-refractivity contribution in [2.45, 2.75) is 12.5 Å². The van der Waals surface area contributed by atoms with Gasteiger partial charge in [0.15, 0.2) is 11.4 Å². The van der Waals surface area contributed by atoms with E-state index >= 15 is 0 Å². The molecule has 2 nitrogen and oxygen atoms in total. The monoisotopic (exact) mass is 188 g/mol. The van der Waals surface area contributed by atoms with Gasteiger partial charge < -0.3 is 4.74 Å². The normalized spacial score (nSPS) is 25.2. The minimum atomic E-state index is -0.536. The van der Waals surface area contributed by atoms with Crippen LogP contribution in [0.1, 0.15) is 12.5 Å². The summed E-state index contributed by atoms with van der Waals surface area (Å²) in [6.07, 6.45) is 3.40. The van der Waals surface area contributed by atoms with E-state index in [-0.39, 0.29) is 5.78 Å². The molecule has 0 spiro atoms. The van der Waals surface area contributed by atoms with Crippen LogP contribution in [0.4, 0.5) is 0 Å². The van der Waals surface area contributed by atoms with Gasteiger partial charge >= 0.3 is 0 Å². The largest absolute Gasteiger partial charge is 0.361 e. The van der Waals surface area contributed by atoms with Crippen LogP contribution in [-0.4, -0.2) is 18.0 Å². The Morgan fingerprint density at radius 1 is 1.43 bits per heavy atom. The molecule has 2 heteroatoms. The van der Waals surface area contributed by atoms with Crippen LogP contribution in [0.25, 0.3) is 6.08 Å². The van der Waals surface area contributed by atoms with Gasteiger partial charge in [-0.3, -0.25) is 4.79 Å². The molecule has 0 radical (unpaired) electrons. The molecule has 72 valence electrons. The third-order valence-corrected chi connectivity index (χ3v) is 2.33. The molecule has 1 saturated heterocycles. The summed E-state index contributed by atoms with van der Waals surface area (Å²) >= 11 is 0. The summed E-state index contributed by atoms with van der Waals surface area (Å²) < 4.78 is 5.05. The number of carbonyl (C=O) groups excluding carboxylic acids is 1. The van der Waals surface area contributed by atoms with Crippen LogP contribution in [0, 0.1) is 0 Å². The van der Waals surface area contributed by atoms with Crippen molar-refractivity contribution in [1.29, 1.82) is 0 Å². The molecule has 0 saturated carbocycles. The number of benzene rings is 1. The van der Waals surface area contributed by atoms with Gasteiger partial charge in [0.25, 0.3) is 0 Å². The van der Waals surface area contributed by atoms with E-state index in [1.807, 2.05) is 43.3 Å². The SMILES string of the molecule is C[C@]1(C(=O)/C=C\c2ccccc2)CO1. The lowest BCUT2D eigenvalue weighted by atomic mass is 10.1. The fraction of sp³-hybridized carbons (Fsp3) is 0.250. The maximum Gasteiger partial charge on any atom is 0.189 e. The van der Waals surface area contributed by atoms with Crippen molar-refractivity contribution in [2.24, 2.45) is 0 Å². The maximum atomic E-state index is 11.5. The Morgan fingerprint density at radius 3 is 2.64 bits per heavy atom. The predicted molar refractivity (Wildman–Crippen MR) is 54.8 cm³/mol. The zero-order valence-corrected chi connectivity index (χ0v) is 8.07. The minimum absolute atomic E-state index is 0.0429. The number of rotatable bonds is 3. The Balaban J connectivity index is 2.04. The van der Waals surface area contributed by atoms with Crippen LogP contribution < -0.4 is 0 Å². The number of hydrogen-bond acceptors (Lipinski definition) is 2. The molecule has 1 heterocycles. The molecule has 0 aromatic heterocycles. The quantitative estimate of drug-likeness (QED) is 0.536. The lowest BCUT2D eigenvalue weighted by molar-refractivity contribution is -0.118. The summed E-state index contributed by atoms with van der Waals surface area (Å²) in [6.45, 7) is 2.36. The summed E-state index contributed by atoms with van der Waals surface area (Å²) in [5.41, 5.74) is 0.496. The first kappa shape index (κ1) is 9.16. The molecule has 1 aromatic carbocycles. The second-order valence-corrected chi connectivity index (χ2v) is 3.63. The maximum absolute atomic E-state index is 11.5. The molecular formula is C12H12O2. The molecule has 1 atom stereocenters. The van der Waals surface area contributed by atoms with Crippen molar-refractivity contribution in [1.82, 2.24) is 0 Å². The molecule has 1 aliphatic rings. The molecule has 2 rings (SSSR count). The zero-order chi connectivity index (χ0) is 10.0. The Morgan fingerprint density at radius 2 is 2.07 bits per heavy atom. The lowest BCUT2D eigenvalue weighted by Gasteiger charge is -1.97. The molecule has 0 unspecified atom stereocenters. The molecule has 1 aliphatic heterocycles. The van der Waals surface area contributed by atoms with E-state index in [9.17, 15) is 4.79 Å². The summed E-state index contributed by atoms with van der Waals surface area (Å²) in [5, 5.41) is 0. The van der Waals surface area contributed by atoms with Crippen LogP contribution in [0.3, 0.4) is 0 Å². The Kier molecular flexibility index (Phi) is 2.22. The second kappa shape index (κ2) is 3.39. The fourth-order valence-corrected chi connectivity index (χ4v) is 1.16. The zero-order valence-electron chi connectivity index (χ0n) is 8.07. The topological polar surface area (TPSA) is 29.6 Å². The number of epoxide rings is 1. The average molecular weight is 188 g/mol. The number of carbonyl (C=O) groups is 1. The van der Waals surface area contributed by atoms with E-state index in [2.05, 4.69) is 0 Å². The third kappa shape index (κ3) is 1.91. The summed E-state index contributed by atoms with van der Waals surface area (Å²) in [7, 11) is 0. The Hall–Kier alpha value is -1.41. The van der Waals surface area contributed by atoms with Crippen molar-refractivity contribution in [2.75, 3.05) is 6.61 Å². The summed E-state index contributed by atoms with van der Waals surface area (Å²) in [5.74, 6) is 0.0429. The standard InChI is InChI=1S/C12H12O2/c1-12(9-14-12)11(13)8-7-10-5-3-2-4-6-10/h2-8H,9H2,1H3/b8-7-/t12-/m1/s1. The predicted octanol–water partition coefficient (Wildman–Crippen LogP) is 2.06. The molecule has 0 amide bonds. The van der Waals surface area contributed by atoms with Crippen LogP contribution in [-0.2, 0) is 9.53 Å². The first-order valence-electron chi connectivity index (χ1n) is 4.62. The van der Waals surface area contributed by atoms with E-state index in [0.717, 1.165) is 5.56 Å². The molecular weight excluding hydrogens is 176 g/mol. The first-order chi connectivity index (χ1) is 6.71. The van der Waals surface area contributed by atoms with E-state index in [4.69, 9.17) is 4.74 Å². The highest BCUT2D eigenvalue weighted by Gasteiger charge is 2.45. The van der Waals surface area contributed by atoms with Gasteiger partial charge in [-0.15, -0.1) is 0 Å². The molecule has 1 aromatic rings. The van der Waals surface area contributed by atoms with Crippen molar-refractivity contribution >= 4 is 11.9 Å². The van der Waals surface area contributed by atoms with E-state index in [1.165, 1.54) is 0 Å². The molecule has 0 N–H and O–H groups in total. The van der Waals surface area contributed by atoms with Crippen molar-refractivity contribution in [3.05, 3.63) is 42.0 Å². The van der Waals surface area contributed by atoms with E-state index in [0.29, 0.717) is 6.61 Å². The number of hydrogen-bond donors (Lipinski definition) is 0. The highest BCUT2D eigenvalue weighted by Crippen LogP contribution is 2.27. The first-order valence-corrected chi connectivity index (χ1v) is 4.62. The van der Waals surface area contributed by atoms with Crippen LogP contribution >= 0.6 is 0 Å². The number of ketones is 1. The molecule has 14 heavy (non-hydrogen) atoms. The van der Waals surface area contributed by atoms with Crippen molar-refractivity contribution in [3.63, 3.8) is 0 Å². The van der Waals surface area contributed by atoms with Gasteiger partial charge in [-0.25, -0.2) is 0 Å². The Bertz CT molecular complexity index is 361. The molecule has 0 bridgehead atoms. The van der Waals surface area contributed by atoms with Crippen LogP contribution in [0.5, 0.6) is 0 Å². The van der Waals surface area contributed by atoms with Gasteiger partial charge in [-0.2, -0.15) is 0 Å². The molecule has 1 fully saturated rings. The van der Waals surface area contributed by atoms with E-state index in [1.54, 1.807) is 6.08 Å². The Labute approximate surface area is 83.2 Å². The third-order valence-electron chi connectivity index (χ3n) is 2.33. The smallest absolute Gasteiger partial charge is 0.189 e. The van der Waals surface area contributed by atoms with Crippen LogP contribution in [0.15, 0.2) is 36.4 Å². The van der Waals surface area contributed by atoms with Gasteiger partial charge in [0.2, 0.25) is 0 Å². The number of ether oxygens (including phenoxy) is 1. The highest BCUT2D eigenvalue weighted by atomic mass is 16.6. The highest BCUT2D eigenvalue weighted by molar-refractivity contribution is 6.01. The summed E-state index contributed by atoms with van der Waals surface area (Å²) in [4.78, 5) is 11.5. The minimum Gasteiger partial charge on any atom is -0.361 e. The fourth-order valence-electron chi connectivity index (χ4n) is 1.16. The van der Waals surface area contributed by atoms with Crippen LogP contribution in [0.2, 0.25) is 0 Å². The van der Waals surface area contributed by atoms with Gasteiger partial charge in [-0.1, -0.05) is 36.4 Å². The van der Waals surface area contributed by atoms with Crippen molar-refractivity contribution < 1.29 is 9.53 Å². The van der Waals surface area contributed by atoms with Gasteiger partial charge in [0, 0.05) is 0 Å². The molecule has 0 aliphatic carbocycles. The van der Waals surface area contributed by atoms with Crippen molar-refractivity contribution in [3.8, 4) is 0 Å². The van der Waals surface area contributed by atoms with Gasteiger partial charge in [-0.05, 0) is 18.6 Å². The second-order valence-electron chi connectivity index (χ2n) is 3.63. The lowest BCUT2D eigenvalue weighted by Crippen LogP contribution is -2.17.